The molecule has 0 saturated carbocycles. The van der Waals surface area contributed by atoms with Crippen LogP contribution in [-0.2, 0) is 0 Å². The Labute approximate surface area is 123 Å². The van der Waals surface area contributed by atoms with Gasteiger partial charge in [-0.1, -0.05) is 46.4 Å². The van der Waals surface area contributed by atoms with E-state index < -0.39 is 0 Å². The van der Waals surface area contributed by atoms with E-state index in [1.165, 1.54) is 12.1 Å². The molecule has 3 N–H and O–H groups in total. The molecule has 0 aliphatic carbocycles. The zero-order valence-corrected chi connectivity index (χ0v) is 11.7. The van der Waals surface area contributed by atoms with Gasteiger partial charge in [0, 0.05) is 6.07 Å². The first-order valence-electron chi connectivity index (χ1n) is 4.67. The highest BCUT2D eigenvalue weighted by atomic mass is 35.5. The molecule has 0 fully saturated rings. The minimum absolute atomic E-state index is 0.0567. The maximum atomic E-state index is 6.02. The topological polar surface area (TPSA) is 63.8 Å². The van der Waals surface area contributed by atoms with Crippen LogP contribution >= 0.6 is 46.4 Å². The van der Waals surface area contributed by atoms with Crippen LogP contribution < -0.4 is 11.1 Å². The molecule has 1 aromatic heterocycles. The van der Waals surface area contributed by atoms with Gasteiger partial charge in [-0.15, -0.1) is 0 Å². The first-order valence-corrected chi connectivity index (χ1v) is 6.18. The van der Waals surface area contributed by atoms with E-state index in [1.807, 2.05) is 0 Å². The highest BCUT2D eigenvalue weighted by molar-refractivity contribution is 6.44. The standard InChI is InChI=1S/C10H6Cl4N4/c11-4-1-6(13)7(2-5(4)12)16-9-3-8(14)17-10(15)18-9/h1-3H,(H3,15,16,17,18). The molecule has 8 heteroatoms. The molecule has 2 aromatic rings. The molecule has 0 radical (unpaired) electrons. The van der Waals surface area contributed by atoms with Gasteiger partial charge in [0.1, 0.15) is 11.0 Å². The van der Waals surface area contributed by atoms with E-state index in [-0.39, 0.29) is 11.1 Å². The summed E-state index contributed by atoms with van der Waals surface area (Å²) in [5, 5.41) is 4.30. The third-order valence-corrected chi connectivity index (χ3v) is 3.21. The summed E-state index contributed by atoms with van der Waals surface area (Å²) in [7, 11) is 0. The Morgan fingerprint density at radius 3 is 2.22 bits per heavy atom. The molecule has 4 nitrogen and oxygen atoms in total. The van der Waals surface area contributed by atoms with E-state index in [1.54, 1.807) is 6.07 Å². The smallest absolute Gasteiger partial charge is 0.223 e. The van der Waals surface area contributed by atoms with Crippen molar-refractivity contribution in [3.8, 4) is 0 Å². The maximum absolute atomic E-state index is 6.02. The summed E-state index contributed by atoms with van der Waals surface area (Å²) in [6, 6.07) is 4.62. The molecule has 18 heavy (non-hydrogen) atoms. The fraction of sp³-hybridized carbons (Fsp3) is 0. The summed E-state index contributed by atoms with van der Waals surface area (Å²) < 4.78 is 0. The van der Waals surface area contributed by atoms with E-state index >= 15 is 0 Å². The van der Waals surface area contributed by atoms with E-state index in [0.29, 0.717) is 26.6 Å². The number of nitrogen functional groups attached to an aromatic ring is 1. The third kappa shape index (κ3) is 3.09. The quantitative estimate of drug-likeness (QED) is 0.634. The number of nitrogens with one attached hydrogen (secondary N) is 1. The Morgan fingerprint density at radius 2 is 1.56 bits per heavy atom. The monoisotopic (exact) mass is 322 g/mol. The van der Waals surface area contributed by atoms with Gasteiger partial charge >= 0.3 is 0 Å². The number of nitrogens with zero attached hydrogens (tertiary/aromatic N) is 2. The molecular formula is C10H6Cl4N4. The number of rotatable bonds is 2. The highest BCUT2D eigenvalue weighted by Crippen LogP contribution is 2.33. The molecule has 0 aliphatic heterocycles. The number of hydrogen-bond acceptors (Lipinski definition) is 4. The average molecular weight is 324 g/mol. The van der Waals surface area contributed by atoms with Crippen LogP contribution in [0.25, 0.3) is 0 Å². The highest BCUT2D eigenvalue weighted by Gasteiger charge is 2.08. The van der Waals surface area contributed by atoms with Crippen molar-refractivity contribution in [1.29, 1.82) is 0 Å². The molecule has 0 bridgehead atoms. The minimum Gasteiger partial charge on any atom is -0.368 e. The number of benzene rings is 1. The lowest BCUT2D eigenvalue weighted by Gasteiger charge is -2.09. The van der Waals surface area contributed by atoms with Gasteiger partial charge in [0.2, 0.25) is 5.95 Å². The van der Waals surface area contributed by atoms with Crippen molar-refractivity contribution in [1.82, 2.24) is 9.97 Å². The van der Waals surface area contributed by atoms with Crippen molar-refractivity contribution < 1.29 is 0 Å². The second kappa shape index (κ2) is 5.36. The van der Waals surface area contributed by atoms with Crippen LogP contribution in [0.1, 0.15) is 0 Å². The molecule has 94 valence electrons. The number of halogens is 4. The fourth-order valence-electron chi connectivity index (χ4n) is 1.26. The Balaban J connectivity index is 2.36. The summed E-state index contributed by atoms with van der Waals surface area (Å²) in [5.74, 6) is 0.467. The van der Waals surface area contributed by atoms with E-state index in [2.05, 4.69) is 15.3 Å². The van der Waals surface area contributed by atoms with Crippen LogP contribution in [0.5, 0.6) is 0 Å². The van der Waals surface area contributed by atoms with Gasteiger partial charge < -0.3 is 11.1 Å². The second-order valence-corrected chi connectivity index (χ2v) is 4.91. The average Bonchev–Trinajstić information content (AvgIpc) is 2.24. The Bertz CT molecular complexity index is 582. The summed E-state index contributed by atoms with van der Waals surface area (Å²) in [5.41, 5.74) is 6.02. The van der Waals surface area contributed by atoms with Gasteiger partial charge in [-0.3, -0.25) is 0 Å². The molecule has 2 rings (SSSR count). The SMILES string of the molecule is Nc1nc(Cl)cc(Nc2cc(Cl)c(Cl)cc2Cl)n1. The molecule has 0 spiro atoms. The molecule has 1 heterocycles. The molecule has 0 saturated heterocycles. The van der Waals surface area contributed by atoms with Crippen LogP contribution in [0.2, 0.25) is 20.2 Å². The second-order valence-electron chi connectivity index (χ2n) is 3.31. The van der Waals surface area contributed by atoms with Gasteiger partial charge in [-0.25, -0.2) is 4.98 Å². The minimum atomic E-state index is 0.0567. The van der Waals surface area contributed by atoms with Gasteiger partial charge in [0.15, 0.2) is 0 Å². The predicted octanol–water partition coefficient (Wildman–Crippen LogP) is 4.42. The molecule has 0 atom stereocenters. The molecule has 0 aliphatic rings. The fourth-order valence-corrected chi connectivity index (χ4v) is 2.04. The van der Waals surface area contributed by atoms with Crippen LogP contribution in [0.15, 0.2) is 18.2 Å². The number of nitrogens with two attached hydrogens (primary N) is 1. The Morgan fingerprint density at radius 1 is 0.889 bits per heavy atom. The van der Waals surface area contributed by atoms with Crippen LogP contribution in [0.4, 0.5) is 17.5 Å². The van der Waals surface area contributed by atoms with Gasteiger partial charge in [0.25, 0.3) is 0 Å². The number of hydrogen-bond donors (Lipinski definition) is 2. The summed E-state index contributed by atoms with van der Waals surface area (Å²) in [6.45, 7) is 0. The first-order chi connectivity index (χ1) is 8.45. The third-order valence-electron chi connectivity index (χ3n) is 1.98. The van der Waals surface area contributed by atoms with Crippen molar-refractivity contribution in [3.05, 3.63) is 38.4 Å². The van der Waals surface area contributed by atoms with Crippen molar-refractivity contribution in [3.63, 3.8) is 0 Å². The lowest BCUT2D eigenvalue weighted by atomic mass is 10.3. The van der Waals surface area contributed by atoms with Gasteiger partial charge in [0.05, 0.1) is 20.8 Å². The van der Waals surface area contributed by atoms with E-state index in [0.717, 1.165) is 0 Å². The van der Waals surface area contributed by atoms with E-state index in [4.69, 9.17) is 52.1 Å². The molecular weight excluding hydrogens is 318 g/mol. The molecule has 0 unspecified atom stereocenters. The lowest BCUT2D eigenvalue weighted by molar-refractivity contribution is 1.18. The summed E-state index contributed by atoms with van der Waals surface area (Å²) in [6.07, 6.45) is 0. The lowest BCUT2D eigenvalue weighted by Crippen LogP contribution is -2.00. The number of aromatic nitrogens is 2. The molecule has 1 aromatic carbocycles. The zero-order chi connectivity index (χ0) is 13.3. The van der Waals surface area contributed by atoms with Gasteiger partial charge in [-0.05, 0) is 12.1 Å². The largest absolute Gasteiger partial charge is 0.368 e. The maximum Gasteiger partial charge on any atom is 0.223 e. The van der Waals surface area contributed by atoms with Crippen LogP contribution in [0, 0.1) is 0 Å². The zero-order valence-electron chi connectivity index (χ0n) is 8.72. The van der Waals surface area contributed by atoms with Crippen LogP contribution in [0.3, 0.4) is 0 Å². The van der Waals surface area contributed by atoms with Crippen LogP contribution in [-0.4, -0.2) is 9.97 Å². The molecule has 0 amide bonds. The predicted molar refractivity (Wildman–Crippen MR) is 76.2 cm³/mol. The van der Waals surface area contributed by atoms with E-state index in [9.17, 15) is 0 Å². The normalized spacial score (nSPS) is 10.4. The summed E-state index contributed by atoms with van der Waals surface area (Å²) >= 11 is 23.5. The first kappa shape index (κ1) is 13.5. The Kier molecular flexibility index (Phi) is 4.02. The van der Waals surface area contributed by atoms with Crippen molar-refractivity contribution in [2.45, 2.75) is 0 Å². The summed E-state index contributed by atoms with van der Waals surface area (Å²) in [4.78, 5) is 7.70. The van der Waals surface area contributed by atoms with Crippen molar-refractivity contribution >= 4 is 63.9 Å². The van der Waals surface area contributed by atoms with Crippen molar-refractivity contribution in [2.24, 2.45) is 0 Å². The van der Waals surface area contributed by atoms with Gasteiger partial charge in [-0.2, -0.15) is 4.98 Å². The number of anilines is 3. The van der Waals surface area contributed by atoms with Crippen molar-refractivity contribution in [2.75, 3.05) is 11.1 Å². The Hall–Kier alpha value is -0.940.